The van der Waals surface area contributed by atoms with Crippen LogP contribution in [0.4, 0.5) is 5.69 Å². The Morgan fingerprint density at radius 3 is 2.64 bits per heavy atom. The summed E-state index contributed by atoms with van der Waals surface area (Å²) >= 11 is 0. The molecule has 0 fully saturated rings. The van der Waals surface area contributed by atoms with Crippen molar-refractivity contribution in [1.29, 1.82) is 0 Å². The highest BCUT2D eigenvalue weighted by Gasteiger charge is 2.09. The third kappa shape index (κ3) is 4.06. The molecule has 0 saturated carbocycles. The maximum Gasteiger partial charge on any atom is 0.337 e. The van der Waals surface area contributed by atoms with Crippen molar-refractivity contribution in [3.05, 3.63) is 71.3 Å². The van der Waals surface area contributed by atoms with Gasteiger partial charge < -0.3 is 10.4 Å². The SMILES string of the molecule is CCc1cccc(C=CC(=O)Nc2ccccc2C(=O)O)c1. The number of anilines is 1. The number of rotatable bonds is 5. The Bertz CT molecular complexity index is 720. The molecule has 4 nitrogen and oxygen atoms in total. The molecular weight excluding hydrogens is 278 g/mol. The maximum absolute atomic E-state index is 11.9. The van der Waals surface area contributed by atoms with Crippen molar-refractivity contribution in [2.45, 2.75) is 13.3 Å². The first-order valence-electron chi connectivity index (χ1n) is 7.00. The predicted octanol–water partition coefficient (Wildman–Crippen LogP) is 3.60. The van der Waals surface area contributed by atoms with E-state index in [0.717, 1.165) is 12.0 Å². The molecule has 22 heavy (non-hydrogen) atoms. The highest BCUT2D eigenvalue weighted by Crippen LogP contribution is 2.15. The van der Waals surface area contributed by atoms with Gasteiger partial charge in [0.2, 0.25) is 5.91 Å². The minimum atomic E-state index is -1.07. The van der Waals surface area contributed by atoms with E-state index >= 15 is 0 Å². The molecule has 0 bridgehead atoms. The summed E-state index contributed by atoms with van der Waals surface area (Å²) < 4.78 is 0. The summed E-state index contributed by atoms with van der Waals surface area (Å²) in [6, 6.07) is 14.2. The summed E-state index contributed by atoms with van der Waals surface area (Å²) in [7, 11) is 0. The number of aryl methyl sites for hydroxylation is 1. The van der Waals surface area contributed by atoms with Crippen molar-refractivity contribution in [1.82, 2.24) is 0 Å². The zero-order valence-electron chi connectivity index (χ0n) is 12.2. The van der Waals surface area contributed by atoms with Crippen molar-refractivity contribution >= 4 is 23.6 Å². The van der Waals surface area contributed by atoms with Crippen LogP contribution in [0.2, 0.25) is 0 Å². The van der Waals surface area contributed by atoms with Gasteiger partial charge in [-0.2, -0.15) is 0 Å². The molecule has 0 aliphatic heterocycles. The van der Waals surface area contributed by atoms with Crippen LogP contribution in [-0.4, -0.2) is 17.0 Å². The number of aromatic carboxylic acids is 1. The van der Waals surface area contributed by atoms with Gasteiger partial charge in [-0.1, -0.05) is 43.3 Å². The van der Waals surface area contributed by atoms with E-state index in [-0.39, 0.29) is 17.2 Å². The van der Waals surface area contributed by atoms with E-state index in [4.69, 9.17) is 5.11 Å². The van der Waals surface area contributed by atoms with Crippen molar-refractivity contribution in [2.75, 3.05) is 5.32 Å². The average molecular weight is 295 g/mol. The van der Waals surface area contributed by atoms with Crippen LogP contribution in [0.1, 0.15) is 28.4 Å². The summed E-state index contributed by atoms with van der Waals surface area (Å²) in [4.78, 5) is 23.0. The number of amides is 1. The number of hydrogen-bond donors (Lipinski definition) is 2. The Kier molecular flexibility index (Phi) is 5.09. The summed E-state index contributed by atoms with van der Waals surface area (Å²) in [5.74, 6) is -1.44. The molecular formula is C18H17NO3. The molecule has 2 N–H and O–H groups in total. The van der Waals surface area contributed by atoms with E-state index in [1.54, 1.807) is 24.3 Å². The molecule has 0 spiro atoms. The second-order valence-electron chi connectivity index (χ2n) is 4.77. The van der Waals surface area contributed by atoms with Crippen molar-refractivity contribution in [3.63, 3.8) is 0 Å². The van der Waals surface area contributed by atoms with Gasteiger partial charge in [0.15, 0.2) is 0 Å². The van der Waals surface area contributed by atoms with Crippen LogP contribution in [0.25, 0.3) is 6.08 Å². The summed E-state index contributed by atoms with van der Waals surface area (Å²) in [5.41, 5.74) is 2.48. The van der Waals surface area contributed by atoms with Gasteiger partial charge >= 0.3 is 5.97 Å². The van der Waals surface area contributed by atoms with Gasteiger partial charge in [0.05, 0.1) is 11.3 Å². The van der Waals surface area contributed by atoms with Crippen LogP contribution >= 0.6 is 0 Å². The van der Waals surface area contributed by atoms with E-state index in [0.29, 0.717) is 0 Å². The van der Waals surface area contributed by atoms with Gasteiger partial charge in [0.1, 0.15) is 0 Å². The fourth-order valence-corrected chi connectivity index (χ4v) is 2.04. The molecule has 0 atom stereocenters. The van der Waals surface area contributed by atoms with Crippen LogP contribution in [0.3, 0.4) is 0 Å². The topological polar surface area (TPSA) is 66.4 Å². The molecule has 0 aliphatic carbocycles. The number of para-hydroxylation sites is 1. The Balaban J connectivity index is 2.10. The van der Waals surface area contributed by atoms with Crippen LogP contribution in [0.5, 0.6) is 0 Å². The summed E-state index contributed by atoms with van der Waals surface area (Å²) in [5, 5.41) is 11.7. The van der Waals surface area contributed by atoms with Crippen LogP contribution in [0.15, 0.2) is 54.6 Å². The molecule has 0 heterocycles. The summed E-state index contributed by atoms with van der Waals surface area (Å²) in [6.45, 7) is 2.07. The highest BCUT2D eigenvalue weighted by molar-refractivity contribution is 6.06. The predicted molar refractivity (Wildman–Crippen MR) is 86.9 cm³/mol. The molecule has 0 saturated heterocycles. The second kappa shape index (κ2) is 7.22. The molecule has 2 aromatic carbocycles. The lowest BCUT2D eigenvalue weighted by atomic mass is 10.1. The van der Waals surface area contributed by atoms with Gasteiger partial charge in [-0.05, 0) is 35.8 Å². The summed E-state index contributed by atoms with van der Waals surface area (Å²) in [6.07, 6.45) is 4.03. The van der Waals surface area contributed by atoms with Gasteiger partial charge in [0, 0.05) is 6.08 Å². The van der Waals surface area contributed by atoms with Crippen LogP contribution < -0.4 is 5.32 Å². The molecule has 2 rings (SSSR count). The lowest BCUT2D eigenvalue weighted by Gasteiger charge is -2.05. The third-order valence-electron chi connectivity index (χ3n) is 3.20. The normalized spacial score (nSPS) is 10.6. The van der Waals surface area contributed by atoms with Crippen LogP contribution in [0, 0.1) is 0 Å². The molecule has 0 radical (unpaired) electrons. The first-order valence-corrected chi connectivity index (χ1v) is 7.00. The molecule has 2 aromatic rings. The minimum Gasteiger partial charge on any atom is -0.478 e. The molecule has 112 valence electrons. The number of carboxylic acid groups (broad SMARTS) is 1. The van der Waals surface area contributed by atoms with Gasteiger partial charge in [-0.15, -0.1) is 0 Å². The Morgan fingerprint density at radius 2 is 1.91 bits per heavy atom. The van der Waals surface area contributed by atoms with Gasteiger partial charge in [-0.25, -0.2) is 4.79 Å². The molecule has 0 unspecified atom stereocenters. The fourth-order valence-electron chi connectivity index (χ4n) is 2.04. The minimum absolute atomic E-state index is 0.0669. The van der Waals surface area contributed by atoms with E-state index in [1.807, 2.05) is 24.3 Å². The van der Waals surface area contributed by atoms with Crippen molar-refractivity contribution < 1.29 is 14.7 Å². The smallest absolute Gasteiger partial charge is 0.337 e. The van der Waals surface area contributed by atoms with Gasteiger partial charge in [0.25, 0.3) is 0 Å². The number of hydrogen-bond acceptors (Lipinski definition) is 2. The standard InChI is InChI=1S/C18H17NO3/c1-2-13-6-5-7-14(12-13)10-11-17(20)19-16-9-4-3-8-15(16)18(21)22/h3-12H,2H2,1H3,(H,19,20)(H,21,22). The quantitative estimate of drug-likeness (QED) is 0.828. The highest BCUT2D eigenvalue weighted by atomic mass is 16.4. The monoisotopic (exact) mass is 295 g/mol. The number of carbonyl (C=O) groups is 2. The Labute approximate surface area is 129 Å². The average Bonchev–Trinajstić information content (AvgIpc) is 2.53. The number of benzene rings is 2. The lowest BCUT2D eigenvalue weighted by Crippen LogP contribution is -2.11. The van der Waals surface area contributed by atoms with E-state index < -0.39 is 5.97 Å². The molecule has 1 amide bonds. The second-order valence-corrected chi connectivity index (χ2v) is 4.77. The molecule has 0 aliphatic rings. The number of carbonyl (C=O) groups excluding carboxylic acids is 1. The van der Waals surface area contributed by atoms with Crippen molar-refractivity contribution in [2.24, 2.45) is 0 Å². The number of carboxylic acids is 1. The third-order valence-corrected chi connectivity index (χ3v) is 3.20. The van der Waals surface area contributed by atoms with Crippen LogP contribution in [-0.2, 0) is 11.2 Å². The zero-order chi connectivity index (χ0) is 15.9. The molecule has 4 heteroatoms. The number of nitrogens with one attached hydrogen (secondary N) is 1. The van der Waals surface area contributed by atoms with E-state index in [9.17, 15) is 9.59 Å². The Hall–Kier alpha value is -2.88. The van der Waals surface area contributed by atoms with E-state index in [2.05, 4.69) is 12.2 Å². The fraction of sp³-hybridized carbons (Fsp3) is 0.111. The largest absolute Gasteiger partial charge is 0.478 e. The van der Waals surface area contributed by atoms with Gasteiger partial charge in [-0.3, -0.25) is 4.79 Å². The Morgan fingerprint density at radius 1 is 1.14 bits per heavy atom. The zero-order valence-corrected chi connectivity index (χ0v) is 12.2. The maximum atomic E-state index is 11.9. The lowest BCUT2D eigenvalue weighted by molar-refractivity contribution is -0.111. The van der Waals surface area contributed by atoms with Crippen molar-refractivity contribution in [3.8, 4) is 0 Å². The first-order chi connectivity index (χ1) is 10.6. The van der Waals surface area contributed by atoms with E-state index in [1.165, 1.54) is 17.7 Å². The first kappa shape index (κ1) is 15.5. The molecule has 0 aromatic heterocycles.